The molecule has 2 N–H and O–H groups in total. The second kappa shape index (κ2) is 14.9. The third kappa shape index (κ3) is 8.02. The summed E-state index contributed by atoms with van der Waals surface area (Å²) in [7, 11) is 0. The molecule has 2 fully saturated rings. The number of phenols is 1. The zero-order valence-corrected chi connectivity index (χ0v) is 26.9. The van der Waals surface area contributed by atoms with E-state index in [0.717, 1.165) is 44.2 Å². The number of ether oxygens (including phenoxy) is 1. The van der Waals surface area contributed by atoms with Crippen LogP contribution in [0.2, 0.25) is 0 Å². The standard InChI is InChI=1S/C19H20F3NO2.C18H20O2.ClH/c1-14(12-15-6-5-9-17(13-15)19(20,21)22)23-10-11-25-18(24)16-7-3-2-4-8-16;1-18-9-8-14-13-5-3-12(19)10-11(13)2-4-15(14)16(18)6-7-17(18)20;/h2-9,13-14,23H,10-12H2,1H3;3-5,10,14,16,19H,2,6-9H2,1H3;1H. The van der Waals surface area contributed by atoms with Crippen molar-refractivity contribution in [2.75, 3.05) is 13.2 Å². The van der Waals surface area contributed by atoms with Gasteiger partial charge in [0.15, 0.2) is 0 Å². The minimum Gasteiger partial charge on any atom is -0.508 e. The van der Waals surface area contributed by atoms with Crippen molar-refractivity contribution in [3.8, 4) is 5.75 Å². The molecule has 0 heterocycles. The lowest BCUT2D eigenvalue weighted by Gasteiger charge is -2.43. The van der Waals surface area contributed by atoms with Gasteiger partial charge in [0, 0.05) is 30.3 Å². The largest absolute Gasteiger partial charge is 0.508 e. The number of ketones is 1. The van der Waals surface area contributed by atoms with E-state index in [0.29, 0.717) is 47.5 Å². The molecule has 46 heavy (non-hydrogen) atoms. The number of alkyl halides is 3. The SMILES string of the molecule is CC(Cc1cccc(C(F)(F)F)c1)NCCOC(=O)c1ccccc1.CC12CCC3C(=CCc4cc(O)ccc43)C1CCC2=O.Cl. The van der Waals surface area contributed by atoms with Crippen molar-refractivity contribution in [3.05, 3.63) is 112 Å². The van der Waals surface area contributed by atoms with Crippen LogP contribution in [0.4, 0.5) is 13.2 Å². The van der Waals surface area contributed by atoms with Crippen molar-refractivity contribution < 1.29 is 32.6 Å². The molecule has 3 aromatic carbocycles. The van der Waals surface area contributed by atoms with Gasteiger partial charge in [-0.2, -0.15) is 13.2 Å². The zero-order valence-electron chi connectivity index (χ0n) is 26.1. The molecule has 3 aliphatic carbocycles. The van der Waals surface area contributed by atoms with Crippen molar-refractivity contribution in [1.82, 2.24) is 5.32 Å². The molecule has 2 saturated carbocycles. The molecule has 0 spiro atoms. The van der Waals surface area contributed by atoms with E-state index in [1.54, 1.807) is 36.4 Å². The van der Waals surface area contributed by atoms with Crippen LogP contribution >= 0.6 is 12.4 Å². The Morgan fingerprint density at radius 2 is 1.83 bits per heavy atom. The van der Waals surface area contributed by atoms with Gasteiger partial charge in [-0.25, -0.2) is 4.79 Å². The van der Waals surface area contributed by atoms with Gasteiger partial charge in [-0.15, -0.1) is 12.4 Å². The van der Waals surface area contributed by atoms with Crippen LogP contribution < -0.4 is 5.32 Å². The number of benzene rings is 3. The molecule has 0 aliphatic heterocycles. The highest BCUT2D eigenvalue weighted by Gasteiger charge is 2.52. The summed E-state index contributed by atoms with van der Waals surface area (Å²) in [6, 6.07) is 19.7. The molecule has 9 heteroatoms. The minimum absolute atomic E-state index is 0. The van der Waals surface area contributed by atoms with Crippen LogP contribution in [0.15, 0.2) is 84.4 Å². The highest BCUT2D eigenvalue weighted by molar-refractivity contribution is 5.89. The summed E-state index contributed by atoms with van der Waals surface area (Å²) in [6.07, 6.45) is 3.23. The normalized spacial score (nSPS) is 22.1. The van der Waals surface area contributed by atoms with Crippen LogP contribution in [-0.4, -0.2) is 36.1 Å². The van der Waals surface area contributed by atoms with Crippen LogP contribution in [-0.2, 0) is 28.5 Å². The highest BCUT2D eigenvalue weighted by Crippen LogP contribution is 2.57. The summed E-state index contributed by atoms with van der Waals surface area (Å²) in [5.41, 5.74) is 4.48. The van der Waals surface area contributed by atoms with E-state index >= 15 is 0 Å². The van der Waals surface area contributed by atoms with Gasteiger partial charge in [-0.1, -0.05) is 61.0 Å². The van der Waals surface area contributed by atoms with E-state index in [4.69, 9.17) is 4.74 Å². The van der Waals surface area contributed by atoms with E-state index in [9.17, 15) is 27.9 Å². The Bertz CT molecular complexity index is 1560. The number of hydrogen-bond donors (Lipinski definition) is 2. The van der Waals surface area contributed by atoms with E-state index in [-0.39, 0.29) is 30.5 Å². The molecular formula is C37H41ClF3NO4. The lowest BCUT2D eigenvalue weighted by atomic mass is 9.60. The number of rotatable bonds is 7. The van der Waals surface area contributed by atoms with Crippen molar-refractivity contribution in [1.29, 1.82) is 0 Å². The fourth-order valence-corrected chi connectivity index (χ4v) is 7.14. The second-order valence-electron chi connectivity index (χ2n) is 12.6. The van der Waals surface area contributed by atoms with Crippen LogP contribution in [0.1, 0.15) is 78.1 Å². The summed E-state index contributed by atoms with van der Waals surface area (Å²) in [4.78, 5) is 24.0. The molecule has 0 saturated heterocycles. The first-order valence-electron chi connectivity index (χ1n) is 15.6. The first-order valence-corrected chi connectivity index (χ1v) is 15.6. The maximum absolute atomic E-state index is 12.7. The first-order chi connectivity index (χ1) is 21.5. The average molecular weight is 656 g/mol. The van der Waals surface area contributed by atoms with Crippen molar-refractivity contribution >= 4 is 24.2 Å². The lowest BCUT2D eigenvalue weighted by Crippen LogP contribution is -2.37. The molecule has 0 aromatic heterocycles. The maximum Gasteiger partial charge on any atom is 0.416 e. The summed E-state index contributed by atoms with van der Waals surface area (Å²) in [6.45, 7) is 4.68. The predicted molar refractivity (Wildman–Crippen MR) is 174 cm³/mol. The molecule has 0 bridgehead atoms. The molecule has 246 valence electrons. The van der Waals surface area contributed by atoms with Gasteiger partial charge in [-0.3, -0.25) is 4.79 Å². The smallest absolute Gasteiger partial charge is 0.416 e. The van der Waals surface area contributed by atoms with Gasteiger partial charge in [0.1, 0.15) is 18.1 Å². The van der Waals surface area contributed by atoms with Gasteiger partial charge < -0.3 is 15.2 Å². The quantitative estimate of drug-likeness (QED) is 0.152. The number of fused-ring (bicyclic) bond motifs is 5. The highest BCUT2D eigenvalue weighted by atomic mass is 35.5. The Kier molecular flexibility index (Phi) is 11.4. The predicted octanol–water partition coefficient (Wildman–Crippen LogP) is 8.24. The molecule has 3 aliphatic rings. The molecule has 0 radical (unpaired) electrons. The van der Waals surface area contributed by atoms with Gasteiger partial charge in [0.05, 0.1) is 11.1 Å². The summed E-state index contributed by atoms with van der Waals surface area (Å²) in [5, 5.41) is 12.8. The second-order valence-corrected chi connectivity index (χ2v) is 12.6. The van der Waals surface area contributed by atoms with Gasteiger partial charge >= 0.3 is 12.1 Å². The molecule has 4 atom stereocenters. The fraction of sp³-hybridized carbons (Fsp3) is 0.405. The molecule has 3 aromatic rings. The van der Waals surface area contributed by atoms with Crippen molar-refractivity contribution in [3.63, 3.8) is 0 Å². The molecule has 0 amide bonds. The number of nitrogens with one attached hydrogen (secondary N) is 1. The Morgan fingerprint density at radius 3 is 2.57 bits per heavy atom. The summed E-state index contributed by atoms with van der Waals surface area (Å²) < 4.78 is 43.3. The number of halogens is 4. The molecule has 5 nitrogen and oxygen atoms in total. The van der Waals surface area contributed by atoms with Crippen molar-refractivity contribution in [2.24, 2.45) is 11.3 Å². The van der Waals surface area contributed by atoms with Gasteiger partial charge in [0.2, 0.25) is 0 Å². The number of carbonyl (C=O) groups excluding carboxylic acids is 2. The van der Waals surface area contributed by atoms with E-state index < -0.39 is 17.7 Å². The van der Waals surface area contributed by atoms with Crippen LogP contribution in [0.3, 0.4) is 0 Å². The third-order valence-electron chi connectivity index (χ3n) is 9.52. The topological polar surface area (TPSA) is 75.6 Å². The summed E-state index contributed by atoms with van der Waals surface area (Å²) >= 11 is 0. The van der Waals surface area contributed by atoms with E-state index in [2.05, 4.69) is 24.4 Å². The number of aromatic hydroxyl groups is 1. The molecule has 6 rings (SSSR count). The Morgan fingerprint density at radius 1 is 1.07 bits per heavy atom. The number of allylic oxidation sites excluding steroid dienone is 2. The van der Waals surface area contributed by atoms with E-state index in [1.807, 2.05) is 19.1 Å². The Hall–Kier alpha value is -3.62. The van der Waals surface area contributed by atoms with Gasteiger partial charge in [0.25, 0.3) is 0 Å². The van der Waals surface area contributed by atoms with Gasteiger partial charge in [-0.05, 0) is 92.0 Å². The molecular weight excluding hydrogens is 615 g/mol. The Labute approximate surface area is 274 Å². The average Bonchev–Trinajstić information content (AvgIpc) is 3.33. The number of phenolic OH excluding ortho intramolecular Hbond substituents is 1. The number of hydrogen-bond acceptors (Lipinski definition) is 5. The van der Waals surface area contributed by atoms with Crippen LogP contribution in [0.5, 0.6) is 5.75 Å². The minimum atomic E-state index is -4.34. The zero-order chi connectivity index (χ0) is 32.2. The lowest BCUT2D eigenvalue weighted by molar-refractivity contribution is -0.137. The monoisotopic (exact) mass is 655 g/mol. The maximum atomic E-state index is 12.7. The van der Waals surface area contributed by atoms with Crippen LogP contribution in [0.25, 0.3) is 0 Å². The Balaban J connectivity index is 0.000000208. The molecule has 4 unspecified atom stereocenters. The van der Waals surface area contributed by atoms with E-state index in [1.165, 1.54) is 22.8 Å². The van der Waals surface area contributed by atoms with Crippen molar-refractivity contribution in [2.45, 2.75) is 70.5 Å². The third-order valence-corrected chi connectivity index (χ3v) is 9.52. The first kappa shape index (κ1) is 35.2. The number of Topliss-reactive ketones (excluding diaryl/α,β-unsaturated/α-hetero) is 1. The number of carbonyl (C=O) groups is 2. The number of esters is 1. The summed E-state index contributed by atoms with van der Waals surface area (Å²) in [5.74, 6) is 1.36. The fourth-order valence-electron chi connectivity index (χ4n) is 7.14. The van der Waals surface area contributed by atoms with Crippen LogP contribution in [0, 0.1) is 11.3 Å².